The maximum atomic E-state index is 12.9. The van der Waals surface area contributed by atoms with Crippen LogP contribution in [0.3, 0.4) is 0 Å². The molecule has 0 bridgehead atoms. The minimum atomic E-state index is -3.92. The van der Waals surface area contributed by atoms with Crippen LogP contribution in [0.1, 0.15) is 23.0 Å². The number of sulfone groups is 1. The number of nitrogens with zero attached hydrogens (tertiary/aromatic N) is 1. The summed E-state index contributed by atoms with van der Waals surface area (Å²) in [6.45, 7) is 2.49. The number of esters is 1. The summed E-state index contributed by atoms with van der Waals surface area (Å²) in [5, 5.41) is 0. The minimum absolute atomic E-state index is 0.0734. The second-order valence-electron chi connectivity index (χ2n) is 6.41. The van der Waals surface area contributed by atoms with Crippen molar-refractivity contribution in [1.29, 1.82) is 0 Å². The molecule has 0 saturated heterocycles. The summed E-state index contributed by atoms with van der Waals surface area (Å²) in [5.41, 5.74) is 1.62. The van der Waals surface area contributed by atoms with Gasteiger partial charge >= 0.3 is 5.97 Å². The molecule has 1 aromatic carbocycles. The Bertz CT molecular complexity index is 1220. The van der Waals surface area contributed by atoms with Crippen molar-refractivity contribution in [2.75, 3.05) is 6.61 Å². The largest absolute Gasteiger partial charge is 0.461 e. The summed E-state index contributed by atoms with van der Waals surface area (Å²) in [5.74, 6) is -0.428. The SMILES string of the molecule is CCOC(=O)c1ccc2n1CCc1cc(S(=O)(=O)c3ccccc3)c(=O)[nH]c1-2. The Hall–Kier alpha value is -3.13. The van der Waals surface area contributed by atoms with Crippen LogP contribution in [-0.2, 0) is 27.5 Å². The third-order valence-corrected chi connectivity index (χ3v) is 6.53. The first-order valence-corrected chi connectivity index (χ1v) is 10.3. The van der Waals surface area contributed by atoms with E-state index in [4.69, 9.17) is 4.74 Å². The summed E-state index contributed by atoms with van der Waals surface area (Å²) in [6.07, 6.45) is 0.484. The average Bonchev–Trinajstić information content (AvgIpc) is 3.13. The van der Waals surface area contributed by atoms with Gasteiger partial charge in [-0.2, -0.15) is 0 Å². The van der Waals surface area contributed by atoms with Crippen molar-refractivity contribution in [2.24, 2.45) is 0 Å². The minimum Gasteiger partial charge on any atom is -0.461 e. The van der Waals surface area contributed by atoms with Crippen LogP contribution >= 0.6 is 0 Å². The Labute approximate surface area is 161 Å². The standard InChI is InChI=1S/C20H18N2O5S/c1-2-27-20(24)16-9-8-15-18-13(10-11-22(15)16)12-17(19(23)21-18)28(25,26)14-6-4-3-5-7-14/h3-9,12H,2,10-11H2,1H3,(H,21,23). The fraction of sp³-hybridized carbons (Fsp3) is 0.200. The van der Waals surface area contributed by atoms with Crippen LogP contribution in [0, 0.1) is 0 Å². The molecule has 0 fully saturated rings. The molecular weight excluding hydrogens is 380 g/mol. The first kappa shape index (κ1) is 18.2. The topological polar surface area (TPSA) is 98.2 Å². The Morgan fingerprint density at radius 2 is 1.93 bits per heavy atom. The molecule has 1 aliphatic heterocycles. The Morgan fingerprint density at radius 3 is 2.64 bits per heavy atom. The van der Waals surface area contributed by atoms with Crippen LogP contribution in [0.5, 0.6) is 0 Å². The number of carbonyl (C=O) groups excluding carboxylic acids is 1. The Kier molecular flexibility index (Phi) is 4.43. The summed E-state index contributed by atoms with van der Waals surface area (Å²) >= 11 is 0. The van der Waals surface area contributed by atoms with Crippen molar-refractivity contribution in [3.8, 4) is 11.4 Å². The van der Waals surface area contributed by atoms with Crippen LogP contribution in [0.4, 0.5) is 0 Å². The van der Waals surface area contributed by atoms with Gasteiger partial charge in [0.25, 0.3) is 5.56 Å². The summed E-state index contributed by atoms with van der Waals surface area (Å²) in [4.78, 5) is 27.2. The van der Waals surface area contributed by atoms with Gasteiger partial charge < -0.3 is 14.3 Å². The number of aryl methyl sites for hydroxylation is 1. The van der Waals surface area contributed by atoms with Crippen LogP contribution < -0.4 is 5.56 Å². The molecule has 2 aromatic heterocycles. The molecule has 0 unspecified atom stereocenters. The highest BCUT2D eigenvalue weighted by Crippen LogP contribution is 2.31. The van der Waals surface area contributed by atoms with Crippen molar-refractivity contribution >= 4 is 15.8 Å². The monoisotopic (exact) mass is 398 g/mol. The van der Waals surface area contributed by atoms with Crippen LogP contribution in [-0.4, -0.2) is 30.5 Å². The maximum Gasteiger partial charge on any atom is 0.354 e. The van der Waals surface area contributed by atoms with Gasteiger partial charge in [-0.3, -0.25) is 4.79 Å². The van der Waals surface area contributed by atoms with E-state index < -0.39 is 21.4 Å². The molecule has 28 heavy (non-hydrogen) atoms. The summed E-state index contributed by atoms with van der Waals surface area (Å²) in [6, 6.07) is 12.7. The smallest absolute Gasteiger partial charge is 0.354 e. The van der Waals surface area contributed by atoms with E-state index in [0.717, 1.165) is 5.56 Å². The Balaban J connectivity index is 1.82. The molecule has 144 valence electrons. The van der Waals surface area contributed by atoms with Crippen molar-refractivity contribution in [3.63, 3.8) is 0 Å². The number of aromatic nitrogens is 2. The molecule has 1 aliphatic rings. The lowest BCUT2D eigenvalue weighted by Crippen LogP contribution is -2.24. The third kappa shape index (κ3) is 2.86. The highest BCUT2D eigenvalue weighted by atomic mass is 32.2. The molecule has 4 rings (SSSR count). The van der Waals surface area contributed by atoms with Gasteiger partial charge in [0.15, 0.2) is 0 Å². The third-order valence-electron chi connectivity index (χ3n) is 4.76. The quantitative estimate of drug-likeness (QED) is 0.681. The zero-order valence-corrected chi connectivity index (χ0v) is 16.0. The summed E-state index contributed by atoms with van der Waals surface area (Å²) < 4.78 is 32.6. The zero-order chi connectivity index (χ0) is 19.9. The molecule has 0 atom stereocenters. The number of hydrogen-bond acceptors (Lipinski definition) is 5. The highest BCUT2D eigenvalue weighted by Gasteiger charge is 2.27. The van der Waals surface area contributed by atoms with E-state index in [-0.39, 0.29) is 16.4 Å². The number of rotatable bonds is 4. The highest BCUT2D eigenvalue weighted by molar-refractivity contribution is 7.91. The number of carbonyl (C=O) groups is 1. The van der Waals surface area contributed by atoms with E-state index in [1.54, 1.807) is 41.8 Å². The van der Waals surface area contributed by atoms with Gasteiger partial charge in [-0.15, -0.1) is 0 Å². The molecule has 3 heterocycles. The molecule has 7 nitrogen and oxygen atoms in total. The first-order valence-electron chi connectivity index (χ1n) is 8.87. The van der Waals surface area contributed by atoms with Crippen molar-refractivity contribution < 1.29 is 17.9 Å². The molecule has 0 spiro atoms. The number of hydrogen-bond donors (Lipinski definition) is 1. The lowest BCUT2D eigenvalue weighted by Gasteiger charge is -2.21. The van der Waals surface area contributed by atoms with Gasteiger partial charge in [0.05, 0.1) is 22.9 Å². The number of aromatic amines is 1. The van der Waals surface area contributed by atoms with E-state index in [0.29, 0.717) is 30.0 Å². The molecular formula is C20H18N2O5S. The van der Waals surface area contributed by atoms with E-state index in [9.17, 15) is 18.0 Å². The van der Waals surface area contributed by atoms with E-state index in [1.165, 1.54) is 18.2 Å². The first-order chi connectivity index (χ1) is 13.4. The van der Waals surface area contributed by atoms with Gasteiger partial charge in [-0.05, 0) is 49.2 Å². The molecule has 0 saturated carbocycles. The van der Waals surface area contributed by atoms with Crippen LogP contribution in [0.25, 0.3) is 11.4 Å². The van der Waals surface area contributed by atoms with E-state index >= 15 is 0 Å². The number of pyridine rings is 1. The fourth-order valence-corrected chi connectivity index (χ4v) is 4.81. The lowest BCUT2D eigenvalue weighted by atomic mass is 10.0. The fourth-order valence-electron chi connectivity index (χ4n) is 3.45. The van der Waals surface area contributed by atoms with Gasteiger partial charge in [0.1, 0.15) is 10.6 Å². The summed E-state index contributed by atoms with van der Waals surface area (Å²) in [7, 11) is -3.92. The van der Waals surface area contributed by atoms with Crippen molar-refractivity contribution in [2.45, 2.75) is 29.7 Å². The predicted octanol–water partition coefficient (Wildman–Crippen LogP) is 2.41. The number of H-pyrrole nitrogens is 1. The predicted molar refractivity (Wildman–Crippen MR) is 102 cm³/mol. The second kappa shape index (κ2) is 6.79. The van der Waals surface area contributed by atoms with Gasteiger partial charge in [0.2, 0.25) is 9.84 Å². The maximum absolute atomic E-state index is 12.9. The zero-order valence-electron chi connectivity index (χ0n) is 15.1. The van der Waals surface area contributed by atoms with Gasteiger partial charge in [-0.25, -0.2) is 13.2 Å². The molecule has 1 N–H and O–H groups in total. The second-order valence-corrected chi connectivity index (χ2v) is 8.32. The molecule has 0 aliphatic carbocycles. The normalized spacial score (nSPS) is 12.9. The van der Waals surface area contributed by atoms with Gasteiger partial charge in [-0.1, -0.05) is 18.2 Å². The average molecular weight is 398 g/mol. The van der Waals surface area contributed by atoms with Crippen molar-refractivity contribution in [1.82, 2.24) is 9.55 Å². The van der Waals surface area contributed by atoms with E-state index in [2.05, 4.69) is 4.98 Å². The number of fused-ring (bicyclic) bond motifs is 3. The molecule has 0 amide bonds. The lowest BCUT2D eigenvalue weighted by molar-refractivity contribution is 0.0514. The molecule has 0 radical (unpaired) electrons. The van der Waals surface area contributed by atoms with Crippen LogP contribution in [0.2, 0.25) is 0 Å². The van der Waals surface area contributed by atoms with Crippen LogP contribution in [0.15, 0.2) is 63.1 Å². The number of benzene rings is 1. The molecule has 8 heteroatoms. The van der Waals surface area contributed by atoms with Gasteiger partial charge in [0, 0.05) is 6.54 Å². The Morgan fingerprint density at radius 1 is 1.18 bits per heavy atom. The molecule has 3 aromatic rings. The number of ether oxygens (including phenoxy) is 1. The van der Waals surface area contributed by atoms with Crippen molar-refractivity contribution in [3.05, 3.63) is 70.1 Å². The van der Waals surface area contributed by atoms with E-state index in [1.807, 2.05) is 0 Å². The number of nitrogens with one attached hydrogen (secondary N) is 1.